The Balaban J connectivity index is 1.62. The van der Waals surface area contributed by atoms with Gasteiger partial charge < -0.3 is 19.0 Å². The third-order valence-corrected chi connectivity index (χ3v) is 5.56. The number of furan rings is 1. The van der Waals surface area contributed by atoms with E-state index >= 15 is 0 Å². The maximum absolute atomic E-state index is 12.5. The predicted octanol–water partition coefficient (Wildman–Crippen LogP) is 2.45. The number of hydrogen-bond acceptors (Lipinski definition) is 6. The Morgan fingerprint density at radius 2 is 1.96 bits per heavy atom. The number of rotatable bonds is 5. The maximum atomic E-state index is 12.5. The highest BCUT2D eigenvalue weighted by Crippen LogP contribution is 2.41. The molecule has 0 radical (unpaired) electrons. The van der Waals surface area contributed by atoms with Crippen LogP contribution in [0.1, 0.15) is 18.1 Å². The van der Waals surface area contributed by atoms with Gasteiger partial charge in [0.25, 0.3) is 5.91 Å². The molecule has 0 N–H and O–H groups in total. The zero-order valence-corrected chi connectivity index (χ0v) is 15.8. The van der Waals surface area contributed by atoms with Gasteiger partial charge in [-0.2, -0.15) is 0 Å². The fraction of sp³-hybridized carbons (Fsp3) is 0.316. The molecule has 2 heterocycles. The average Bonchev–Trinajstić information content (AvgIpc) is 3.35. The van der Waals surface area contributed by atoms with Crippen molar-refractivity contribution in [3.05, 3.63) is 54.5 Å². The van der Waals surface area contributed by atoms with Gasteiger partial charge in [-0.15, -0.1) is 11.8 Å². The van der Waals surface area contributed by atoms with Crippen LogP contribution in [0.3, 0.4) is 0 Å². The number of thioether (sulfide) groups is 1. The quantitative estimate of drug-likeness (QED) is 0.732. The molecule has 8 heteroatoms. The lowest BCUT2D eigenvalue weighted by molar-refractivity contribution is -0.155. The van der Waals surface area contributed by atoms with Crippen LogP contribution in [0.15, 0.2) is 53.1 Å². The van der Waals surface area contributed by atoms with Crippen LogP contribution in [0.5, 0.6) is 0 Å². The predicted molar refractivity (Wildman–Crippen MR) is 101 cm³/mol. The summed E-state index contributed by atoms with van der Waals surface area (Å²) in [5.41, 5.74) is 0.707. The molecule has 3 rings (SSSR count). The molecular weight excluding hydrogens is 368 g/mol. The van der Waals surface area contributed by atoms with Crippen LogP contribution in [0, 0.1) is 0 Å². The first-order chi connectivity index (χ1) is 13.0. The van der Waals surface area contributed by atoms with Crippen molar-refractivity contribution < 1.29 is 23.5 Å². The molecule has 2 amide bonds. The first kappa shape index (κ1) is 19.0. The number of para-hydroxylation sites is 1. The van der Waals surface area contributed by atoms with Gasteiger partial charge in [-0.25, -0.2) is 4.79 Å². The van der Waals surface area contributed by atoms with E-state index in [1.807, 2.05) is 18.2 Å². The molecule has 0 spiro atoms. The van der Waals surface area contributed by atoms with Crippen LogP contribution in [-0.2, 0) is 19.1 Å². The van der Waals surface area contributed by atoms with E-state index in [0.717, 1.165) is 0 Å². The maximum Gasteiger partial charge on any atom is 0.330 e. The molecule has 1 aliphatic heterocycles. The monoisotopic (exact) mass is 388 g/mol. The highest BCUT2D eigenvalue weighted by Gasteiger charge is 2.43. The molecule has 0 bridgehead atoms. The van der Waals surface area contributed by atoms with Gasteiger partial charge in [-0.1, -0.05) is 18.2 Å². The number of carbonyl (C=O) groups is 3. The largest absolute Gasteiger partial charge is 0.466 e. The molecule has 2 aromatic rings. The number of ether oxygens (including phenoxy) is 1. The van der Waals surface area contributed by atoms with Crippen LogP contribution >= 0.6 is 11.8 Å². The summed E-state index contributed by atoms with van der Waals surface area (Å²) < 4.78 is 10.6. The molecule has 27 heavy (non-hydrogen) atoms. The van der Waals surface area contributed by atoms with E-state index in [0.29, 0.717) is 17.2 Å². The van der Waals surface area contributed by atoms with Gasteiger partial charge in [0.15, 0.2) is 6.61 Å². The van der Waals surface area contributed by atoms with Crippen LogP contribution in [-0.4, -0.2) is 48.1 Å². The summed E-state index contributed by atoms with van der Waals surface area (Å²) in [6.07, 6.45) is 1.53. The Morgan fingerprint density at radius 3 is 2.59 bits per heavy atom. The summed E-state index contributed by atoms with van der Waals surface area (Å²) in [6, 6.07) is 11.8. The van der Waals surface area contributed by atoms with Gasteiger partial charge in [-0.3, -0.25) is 9.59 Å². The standard InChI is InChI=1S/C19H20N2O5S/c1-13(22)21-15(12-27-18(21)16-9-6-10-25-16)19(24)26-11-17(23)20(2)14-7-4-3-5-8-14/h3-10,15,18H,11-12H2,1-2H3/t15-,18+/m1/s1. The third-order valence-electron chi connectivity index (χ3n) is 4.28. The molecule has 1 aromatic carbocycles. The van der Waals surface area contributed by atoms with E-state index < -0.39 is 12.0 Å². The highest BCUT2D eigenvalue weighted by molar-refractivity contribution is 7.99. The zero-order chi connectivity index (χ0) is 19.4. The van der Waals surface area contributed by atoms with Gasteiger partial charge in [0.1, 0.15) is 17.2 Å². The van der Waals surface area contributed by atoms with Crippen LogP contribution in [0.4, 0.5) is 5.69 Å². The van der Waals surface area contributed by atoms with Crippen LogP contribution in [0.25, 0.3) is 0 Å². The molecule has 142 valence electrons. The lowest BCUT2D eigenvalue weighted by Gasteiger charge is -2.26. The van der Waals surface area contributed by atoms with Gasteiger partial charge >= 0.3 is 5.97 Å². The van der Waals surface area contributed by atoms with E-state index in [1.54, 1.807) is 31.3 Å². The Bertz CT molecular complexity index is 809. The van der Waals surface area contributed by atoms with Gasteiger partial charge in [-0.05, 0) is 24.3 Å². The van der Waals surface area contributed by atoms with Gasteiger partial charge in [0, 0.05) is 25.4 Å². The third kappa shape index (κ3) is 4.16. The number of hydrogen-bond donors (Lipinski definition) is 0. The first-order valence-corrected chi connectivity index (χ1v) is 9.46. The van der Waals surface area contributed by atoms with Crippen molar-refractivity contribution in [2.45, 2.75) is 18.3 Å². The van der Waals surface area contributed by atoms with E-state index in [4.69, 9.17) is 9.15 Å². The molecular formula is C19H20N2O5S. The number of anilines is 1. The molecule has 0 unspecified atom stereocenters. The molecule has 1 saturated heterocycles. The summed E-state index contributed by atoms with van der Waals surface area (Å²) in [6.45, 7) is 1.01. The van der Waals surface area contributed by atoms with Crippen LogP contribution in [0.2, 0.25) is 0 Å². The topological polar surface area (TPSA) is 80.1 Å². The van der Waals surface area contributed by atoms with E-state index in [-0.39, 0.29) is 23.8 Å². The summed E-state index contributed by atoms with van der Waals surface area (Å²) in [4.78, 5) is 39.7. The SMILES string of the molecule is CC(=O)N1[C@@H](C(=O)OCC(=O)N(C)c2ccccc2)CS[C@H]1c1ccco1. The normalized spacial score (nSPS) is 19.0. The molecule has 1 aromatic heterocycles. The lowest BCUT2D eigenvalue weighted by Crippen LogP contribution is -2.43. The first-order valence-electron chi connectivity index (χ1n) is 8.41. The van der Waals surface area contributed by atoms with Crippen molar-refractivity contribution in [1.29, 1.82) is 0 Å². The van der Waals surface area contributed by atoms with Crippen molar-refractivity contribution in [2.75, 3.05) is 24.3 Å². The van der Waals surface area contributed by atoms with Gasteiger partial charge in [0.05, 0.1) is 6.26 Å². The number of likely N-dealkylation sites (N-methyl/N-ethyl adjacent to an activating group) is 1. The number of benzene rings is 1. The summed E-state index contributed by atoms with van der Waals surface area (Å²) >= 11 is 1.43. The van der Waals surface area contributed by atoms with Crippen LogP contribution < -0.4 is 4.90 Å². The minimum atomic E-state index is -0.752. The van der Waals surface area contributed by atoms with Crippen molar-refractivity contribution in [3.8, 4) is 0 Å². The highest BCUT2D eigenvalue weighted by atomic mass is 32.2. The summed E-state index contributed by atoms with van der Waals surface area (Å²) in [7, 11) is 1.62. The second-order valence-electron chi connectivity index (χ2n) is 6.04. The molecule has 0 saturated carbocycles. The number of nitrogens with zero attached hydrogens (tertiary/aromatic N) is 2. The Hall–Kier alpha value is -2.74. The van der Waals surface area contributed by atoms with Gasteiger partial charge in [0.2, 0.25) is 5.91 Å². The number of carbonyl (C=O) groups excluding carboxylic acids is 3. The molecule has 1 fully saturated rings. The van der Waals surface area contributed by atoms with Crippen molar-refractivity contribution in [2.24, 2.45) is 0 Å². The minimum Gasteiger partial charge on any atom is -0.466 e. The second-order valence-corrected chi connectivity index (χ2v) is 7.15. The molecule has 2 atom stereocenters. The van der Waals surface area contributed by atoms with Crippen molar-refractivity contribution in [3.63, 3.8) is 0 Å². The van der Waals surface area contributed by atoms with Crippen molar-refractivity contribution in [1.82, 2.24) is 4.90 Å². The molecule has 7 nitrogen and oxygen atoms in total. The van der Waals surface area contributed by atoms with E-state index in [1.165, 1.54) is 34.7 Å². The zero-order valence-electron chi connectivity index (χ0n) is 15.0. The second kappa shape index (κ2) is 8.30. The number of amides is 2. The molecule has 0 aliphatic carbocycles. The smallest absolute Gasteiger partial charge is 0.330 e. The van der Waals surface area contributed by atoms with E-state index in [2.05, 4.69) is 0 Å². The Morgan fingerprint density at radius 1 is 1.22 bits per heavy atom. The minimum absolute atomic E-state index is 0.254. The fourth-order valence-corrected chi connectivity index (χ4v) is 4.26. The number of esters is 1. The van der Waals surface area contributed by atoms with Crippen molar-refractivity contribution >= 4 is 35.2 Å². The average molecular weight is 388 g/mol. The Labute approximate surface area is 161 Å². The van der Waals surface area contributed by atoms with E-state index in [9.17, 15) is 14.4 Å². The summed E-state index contributed by atoms with van der Waals surface area (Å²) in [5.74, 6) is -0.216. The fourth-order valence-electron chi connectivity index (χ4n) is 2.84. The Kier molecular flexibility index (Phi) is 5.85. The lowest BCUT2D eigenvalue weighted by atomic mass is 10.2. The molecule has 1 aliphatic rings. The summed E-state index contributed by atoms with van der Waals surface area (Å²) in [5, 5.41) is -0.377.